The molecule has 1 N–H and O–H groups in total. The normalized spacial score (nSPS) is 11.1. The lowest BCUT2D eigenvalue weighted by atomic mass is 10.2. The molecule has 18 heavy (non-hydrogen) atoms. The first-order chi connectivity index (χ1) is 8.68. The van der Waals surface area contributed by atoms with Gasteiger partial charge in [0.1, 0.15) is 0 Å². The van der Waals surface area contributed by atoms with Gasteiger partial charge in [-0.15, -0.1) is 5.10 Å². The molecule has 0 aliphatic rings. The second kappa shape index (κ2) is 5.73. The Balaban J connectivity index is 2.15. The van der Waals surface area contributed by atoms with Crippen LogP contribution in [0, 0.1) is 12.8 Å². The highest BCUT2D eigenvalue weighted by atomic mass is 15.5. The summed E-state index contributed by atoms with van der Waals surface area (Å²) in [5, 5.41) is 15.2. The van der Waals surface area contributed by atoms with Crippen molar-refractivity contribution in [2.45, 2.75) is 27.3 Å². The molecule has 0 fully saturated rings. The van der Waals surface area contributed by atoms with E-state index >= 15 is 0 Å². The molecule has 0 atom stereocenters. The molecule has 96 valence electrons. The summed E-state index contributed by atoms with van der Waals surface area (Å²) >= 11 is 0. The number of hydrogen-bond acceptors (Lipinski definition) is 4. The number of para-hydroxylation sites is 1. The first-order valence-electron chi connectivity index (χ1n) is 6.22. The molecule has 2 rings (SSSR count). The fourth-order valence-electron chi connectivity index (χ4n) is 1.78. The van der Waals surface area contributed by atoms with E-state index in [1.807, 2.05) is 18.2 Å². The molecule has 0 saturated carbocycles. The summed E-state index contributed by atoms with van der Waals surface area (Å²) in [5.74, 6) is 1.46. The Labute approximate surface area is 107 Å². The van der Waals surface area contributed by atoms with Gasteiger partial charge >= 0.3 is 0 Å². The first-order valence-corrected chi connectivity index (χ1v) is 6.22. The van der Waals surface area contributed by atoms with Gasteiger partial charge in [-0.25, -0.2) is 0 Å². The van der Waals surface area contributed by atoms with Crippen LogP contribution in [0.4, 0.5) is 0 Å². The van der Waals surface area contributed by atoms with Crippen molar-refractivity contribution >= 4 is 0 Å². The van der Waals surface area contributed by atoms with Crippen molar-refractivity contribution in [3.63, 3.8) is 0 Å². The molecule has 0 aliphatic carbocycles. The molecule has 5 nitrogen and oxygen atoms in total. The summed E-state index contributed by atoms with van der Waals surface area (Å²) in [6, 6.07) is 8.09. The zero-order chi connectivity index (χ0) is 13.0. The van der Waals surface area contributed by atoms with E-state index in [9.17, 15) is 0 Å². The Hall–Kier alpha value is -1.75. The maximum atomic E-state index is 4.07. The number of aryl methyl sites for hydroxylation is 1. The summed E-state index contributed by atoms with van der Waals surface area (Å²) in [6.07, 6.45) is 0. The van der Waals surface area contributed by atoms with Crippen molar-refractivity contribution < 1.29 is 0 Å². The number of rotatable bonds is 5. The van der Waals surface area contributed by atoms with Crippen LogP contribution in [0.1, 0.15) is 25.2 Å². The van der Waals surface area contributed by atoms with Crippen LogP contribution in [0.15, 0.2) is 24.3 Å². The Bertz CT molecular complexity index is 504. The third-order valence-electron chi connectivity index (χ3n) is 2.71. The predicted molar refractivity (Wildman–Crippen MR) is 70.4 cm³/mol. The van der Waals surface area contributed by atoms with Crippen molar-refractivity contribution in [1.82, 2.24) is 25.5 Å². The summed E-state index contributed by atoms with van der Waals surface area (Å²) in [4.78, 5) is 0. The van der Waals surface area contributed by atoms with E-state index in [2.05, 4.69) is 47.7 Å². The lowest BCUT2D eigenvalue weighted by Gasteiger charge is -2.09. The number of aromatic nitrogens is 4. The van der Waals surface area contributed by atoms with Crippen LogP contribution in [0.3, 0.4) is 0 Å². The van der Waals surface area contributed by atoms with Crippen LogP contribution >= 0.6 is 0 Å². The minimum absolute atomic E-state index is 0.618. The number of nitrogens with one attached hydrogen (secondary N) is 1. The Morgan fingerprint density at radius 3 is 2.78 bits per heavy atom. The van der Waals surface area contributed by atoms with Gasteiger partial charge in [0.2, 0.25) is 0 Å². The molecule has 0 radical (unpaired) electrons. The minimum Gasteiger partial charge on any atom is -0.310 e. The molecule has 0 spiro atoms. The third kappa shape index (κ3) is 2.92. The highest BCUT2D eigenvalue weighted by Crippen LogP contribution is 2.12. The summed E-state index contributed by atoms with van der Waals surface area (Å²) < 4.78 is 1.79. The van der Waals surface area contributed by atoms with Gasteiger partial charge in [0.25, 0.3) is 0 Å². The Morgan fingerprint density at radius 1 is 1.28 bits per heavy atom. The summed E-state index contributed by atoms with van der Waals surface area (Å²) in [5.41, 5.74) is 2.19. The van der Waals surface area contributed by atoms with Crippen molar-refractivity contribution in [1.29, 1.82) is 0 Å². The van der Waals surface area contributed by atoms with Crippen molar-refractivity contribution in [2.24, 2.45) is 5.92 Å². The fourth-order valence-corrected chi connectivity index (χ4v) is 1.78. The molecule has 1 aromatic carbocycles. The molecule has 1 heterocycles. The van der Waals surface area contributed by atoms with E-state index in [-0.39, 0.29) is 0 Å². The second-order valence-corrected chi connectivity index (χ2v) is 4.82. The van der Waals surface area contributed by atoms with E-state index in [0.29, 0.717) is 12.5 Å². The highest BCUT2D eigenvalue weighted by Gasteiger charge is 2.09. The molecule has 0 saturated heterocycles. The topological polar surface area (TPSA) is 55.6 Å². The molecule has 2 aromatic rings. The van der Waals surface area contributed by atoms with Gasteiger partial charge in [0, 0.05) is 0 Å². The van der Waals surface area contributed by atoms with Crippen LogP contribution in [-0.2, 0) is 6.54 Å². The van der Waals surface area contributed by atoms with Crippen LogP contribution in [0.5, 0.6) is 0 Å². The smallest absolute Gasteiger partial charge is 0.170 e. The summed E-state index contributed by atoms with van der Waals surface area (Å²) in [6.45, 7) is 8.05. The second-order valence-electron chi connectivity index (χ2n) is 4.82. The average molecular weight is 245 g/mol. The van der Waals surface area contributed by atoms with Crippen molar-refractivity contribution in [2.75, 3.05) is 6.54 Å². The Morgan fingerprint density at radius 2 is 2.06 bits per heavy atom. The molecule has 0 unspecified atom stereocenters. The van der Waals surface area contributed by atoms with Crippen LogP contribution < -0.4 is 5.32 Å². The van der Waals surface area contributed by atoms with E-state index in [4.69, 9.17) is 0 Å². The minimum atomic E-state index is 0.618. The van der Waals surface area contributed by atoms with Gasteiger partial charge in [0.05, 0.1) is 12.2 Å². The number of tetrazole rings is 1. The number of hydrogen-bond donors (Lipinski definition) is 1. The molecule has 0 bridgehead atoms. The van der Waals surface area contributed by atoms with Gasteiger partial charge in [0.15, 0.2) is 5.82 Å². The van der Waals surface area contributed by atoms with Crippen LogP contribution in [0.2, 0.25) is 0 Å². The van der Waals surface area contributed by atoms with E-state index in [0.717, 1.165) is 23.6 Å². The molecule has 0 aliphatic heterocycles. The van der Waals surface area contributed by atoms with Crippen molar-refractivity contribution in [3.8, 4) is 5.69 Å². The number of benzene rings is 1. The fraction of sp³-hybridized carbons (Fsp3) is 0.462. The monoisotopic (exact) mass is 245 g/mol. The zero-order valence-electron chi connectivity index (χ0n) is 11.1. The molecular weight excluding hydrogens is 226 g/mol. The maximum Gasteiger partial charge on any atom is 0.170 e. The quantitative estimate of drug-likeness (QED) is 0.871. The van der Waals surface area contributed by atoms with E-state index < -0.39 is 0 Å². The highest BCUT2D eigenvalue weighted by molar-refractivity contribution is 5.39. The zero-order valence-corrected chi connectivity index (χ0v) is 11.1. The number of nitrogens with zero attached hydrogens (tertiary/aromatic N) is 4. The van der Waals surface area contributed by atoms with E-state index in [1.165, 1.54) is 0 Å². The van der Waals surface area contributed by atoms with Crippen molar-refractivity contribution in [3.05, 3.63) is 35.7 Å². The SMILES string of the molecule is Cc1ccccc1-n1nnnc1CNCC(C)C. The first kappa shape index (κ1) is 12.7. The lowest BCUT2D eigenvalue weighted by molar-refractivity contribution is 0.537. The molecular formula is C13H19N5. The van der Waals surface area contributed by atoms with Gasteiger partial charge in [-0.3, -0.25) is 0 Å². The lowest BCUT2D eigenvalue weighted by Crippen LogP contribution is -2.21. The standard InChI is InChI=1S/C13H19N5/c1-10(2)8-14-9-13-15-16-17-18(13)12-7-5-4-6-11(12)3/h4-7,10,14H,8-9H2,1-3H3. The maximum absolute atomic E-state index is 4.07. The van der Waals surface area contributed by atoms with Crippen LogP contribution in [-0.4, -0.2) is 26.8 Å². The van der Waals surface area contributed by atoms with Gasteiger partial charge < -0.3 is 5.32 Å². The van der Waals surface area contributed by atoms with Gasteiger partial charge in [-0.05, 0) is 41.4 Å². The van der Waals surface area contributed by atoms with Gasteiger partial charge in [-0.1, -0.05) is 32.0 Å². The average Bonchev–Trinajstić information content (AvgIpc) is 2.77. The largest absolute Gasteiger partial charge is 0.310 e. The van der Waals surface area contributed by atoms with Gasteiger partial charge in [-0.2, -0.15) is 4.68 Å². The molecule has 5 heteroatoms. The molecule has 0 amide bonds. The molecule has 1 aromatic heterocycles. The third-order valence-corrected chi connectivity index (χ3v) is 2.71. The predicted octanol–water partition coefficient (Wildman–Crippen LogP) is 1.72. The Kier molecular flexibility index (Phi) is 4.04. The van der Waals surface area contributed by atoms with E-state index in [1.54, 1.807) is 4.68 Å². The summed E-state index contributed by atoms with van der Waals surface area (Å²) in [7, 11) is 0. The van der Waals surface area contributed by atoms with Crippen LogP contribution in [0.25, 0.3) is 5.69 Å².